The quantitative estimate of drug-likeness (QED) is 0.389. The number of methoxy groups -OCH3 is 1. The summed E-state index contributed by atoms with van der Waals surface area (Å²) in [7, 11) is 1.62. The molecule has 3 aromatic carbocycles. The first-order valence-corrected chi connectivity index (χ1v) is 10.4. The van der Waals surface area contributed by atoms with Gasteiger partial charge in [-0.25, -0.2) is 4.79 Å². The smallest absolute Gasteiger partial charge is 0.352 e. The number of hydrogen-bond acceptors (Lipinski definition) is 3. The number of fused-ring (bicyclic) bond motifs is 1. The normalized spacial score (nSPS) is 11.0. The van der Waals surface area contributed by atoms with E-state index in [0.29, 0.717) is 24.5 Å². The van der Waals surface area contributed by atoms with Gasteiger partial charge in [-0.2, -0.15) is 0 Å². The average Bonchev–Trinajstić information content (AvgIpc) is 3.10. The van der Waals surface area contributed by atoms with Gasteiger partial charge < -0.3 is 19.7 Å². The number of hydrogen-bond donors (Lipinski definition) is 2. The maximum absolute atomic E-state index is 12.3. The van der Waals surface area contributed by atoms with Gasteiger partial charge in [0.15, 0.2) is 0 Å². The monoisotopic (exact) mass is 414 g/mol. The molecule has 0 spiro atoms. The molecule has 1 aromatic heterocycles. The zero-order valence-electron chi connectivity index (χ0n) is 17.5. The summed E-state index contributed by atoms with van der Waals surface area (Å²) in [5.41, 5.74) is 4.28. The number of carbonyl (C=O) groups is 1. The fourth-order valence-electron chi connectivity index (χ4n) is 3.97. The molecule has 4 rings (SSSR count). The van der Waals surface area contributed by atoms with E-state index >= 15 is 0 Å². The van der Waals surface area contributed by atoms with Crippen LogP contribution in [0.2, 0.25) is 0 Å². The number of benzene rings is 3. The van der Waals surface area contributed by atoms with E-state index in [1.165, 1.54) is 5.56 Å². The Labute approximate surface area is 181 Å². The fraction of sp³-hybridized carbons (Fsp3) is 0.192. The van der Waals surface area contributed by atoms with Crippen LogP contribution in [0.25, 0.3) is 10.9 Å². The van der Waals surface area contributed by atoms with E-state index < -0.39 is 5.97 Å². The van der Waals surface area contributed by atoms with Crippen LogP contribution in [0.3, 0.4) is 0 Å². The van der Waals surface area contributed by atoms with Crippen molar-refractivity contribution in [2.45, 2.75) is 19.5 Å². The highest BCUT2D eigenvalue weighted by molar-refractivity contribution is 5.98. The second-order valence-corrected chi connectivity index (χ2v) is 7.50. The Hall–Kier alpha value is -3.57. The van der Waals surface area contributed by atoms with E-state index in [-0.39, 0.29) is 0 Å². The lowest BCUT2D eigenvalue weighted by atomic mass is 10.1. The Morgan fingerprint density at radius 2 is 1.65 bits per heavy atom. The molecule has 5 nitrogen and oxygen atoms in total. The van der Waals surface area contributed by atoms with Gasteiger partial charge >= 0.3 is 5.97 Å². The minimum Gasteiger partial charge on any atom is -0.497 e. The highest BCUT2D eigenvalue weighted by atomic mass is 16.5. The van der Waals surface area contributed by atoms with Crippen LogP contribution in [-0.4, -0.2) is 29.3 Å². The summed E-state index contributed by atoms with van der Waals surface area (Å²) in [6, 6.07) is 25.9. The van der Waals surface area contributed by atoms with Crippen LogP contribution in [-0.2, 0) is 19.5 Å². The summed E-state index contributed by atoms with van der Waals surface area (Å²) in [4.78, 5) is 12.3. The minimum absolute atomic E-state index is 0.319. The number of nitrogens with zero attached hydrogens (tertiary/aromatic N) is 1. The van der Waals surface area contributed by atoms with E-state index in [1.54, 1.807) is 7.11 Å². The maximum Gasteiger partial charge on any atom is 0.352 e. The van der Waals surface area contributed by atoms with Gasteiger partial charge in [-0.05, 0) is 36.2 Å². The van der Waals surface area contributed by atoms with Gasteiger partial charge in [0.2, 0.25) is 0 Å². The van der Waals surface area contributed by atoms with Crippen LogP contribution < -0.4 is 10.1 Å². The van der Waals surface area contributed by atoms with Gasteiger partial charge in [-0.15, -0.1) is 0 Å². The molecule has 2 N–H and O–H groups in total. The van der Waals surface area contributed by atoms with Crippen LogP contribution in [0, 0.1) is 0 Å². The summed E-state index contributed by atoms with van der Waals surface area (Å²) < 4.78 is 7.29. The number of aromatic nitrogens is 1. The van der Waals surface area contributed by atoms with Crippen molar-refractivity contribution < 1.29 is 14.6 Å². The second kappa shape index (κ2) is 9.49. The molecule has 0 radical (unpaired) electrons. The Kier molecular flexibility index (Phi) is 6.34. The molecular formula is C26H26N2O3. The first-order valence-electron chi connectivity index (χ1n) is 10.4. The molecule has 4 aromatic rings. The molecule has 0 saturated carbocycles. The highest BCUT2D eigenvalue weighted by Crippen LogP contribution is 2.30. The van der Waals surface area contributed by atoms with Crippen molar-refractivity contribution in [1.82, 2.24) is 9.88 Å². The number of carboxylic acids is 1. The lowest BCUT2D eigenvalue weighted by Crippen LogP contribution is -2.19. The summed E-state index contributed by atoms with van der Waals surface area (Å²) in [5.74, 6) is -0.217. The Balaban J connectivity index is 1.67. The summed E-state index contributed by atoms with van der Waals surface area (Å²) in [5, 5.41) is 14.5. The molecule has 0 saturated heterocycles. The molecule has 0 aliphatic rings. The number of ether oxygens (including phenoxy) is 1. The molecule has 0 bridgehead atoms. The average molecular weight is 415 g/mol. The van der Waals surface area contributed by atoms with Crippen molar-refractivity contribution in [3.05, 3.63) is 101 Å². The number of nitrogens with one attached hydrogen (secondary N) is 1. The molecule has 0 aliphatic heterocycles. The van der Waals surface area contributed by atoms with Crippen molar-refractivity contribution in [2.75, 3.05) is 13.7 Å². The lowest BCUT2D eigenvalue weighted by Gasteiger charge is -2.10. The van der Waals surface area contributed by atoms with Gasteiger partial charge in [0.25, 0.3) is 0 Å². The van der Waals surface area contributed by atoms with Crippen LogP contribution in [0.4, 0.5) is 0 Å². The van der Waals surface area contributed by atoms with E-state index in [4.69, 9.17) is 4.74 Å². The maximum atomic E-state index is 12.3. The molecule has 0 aliphatic carbocycles. The van der Waals surface area contributed by atoms with Crippen molar-refractivity contribution in [3.63, 3.8) is 0 Å². The zero-order valence-corrected chi connectivity index (χ0v) is 17.5. The molecule has 0 unspecified atom stereocenters. The zero-order chi connectivity index (χ0) is 21.6. The van der Waals surface area contributed by atoms with Crippen molar-refractivity contribution in [3.8, 4) is 5.75 Å². The van der Waals surface area contributed by atoms with Crippen molar-refractivity contribution in [1.29, 1.82) is 0 Å². The number of carboxylic acid groups (broad SMARTS) is 1. The van der Waals surface area contributed by atoms with Crippen molar-refractivity contribution >= 4 is 16.9 Å². The summed E-state index contributed by atoms with van der Waals surface area (Å²) in [6.45, 7) is 1.74. The van der Waals surface area contributed by atoms with E-state index in [1.807, 2.05) is 71.3 Å². The first kappa shape index (κ1) is 20.7. The summed E-state index contributed by atoms with van der Waals surface area (Å²) >= 11 is 0. The Morgan fingerprint density at radius 3 is 2.29 bits per heavy atom. The fourth-order valence-corrected chi connectivity index (χ4v) is 3.97. The van der Waals surface area contributed by atoms with Gasteiger partial charge in [0, 0.05) is 30.1 Å². The van der Waals surface area contributed by atoms with E-state index in [0.717, 1.165) is 35.0 Å². The van der Waals surface area contributed by atoms with Crippen LogP contribution in [0.5, 0.6) is 5.75 Å². The Bertz CT molecular complexity index is 1170. The highest BCUT2D eigenvalue weighted by Gasteiger charge is 2.22. The van der Waals surface area contributed by atoms with Crippen molar-refractivity contribution in [2.24, 2.45) is 0 Å². The molecule has 158 valence electrons. The minimum atomic E-state index is -0.925. The standard InChI is InChI=1S/C26H26N2O3/c1-31-21-12-13-22-23(17-27-15-14-19-8-4-2-5-9-19)25(26(29)30)28(24(22)16-21)18-20-10-6-3-7-11-20/h2-13,16,27H,14-15,17-18H2,1H3,(H,29,30). The number of aromatic carboxylic acids is 1. The van der Waals surface area contributed by atoms with Gasteiger partial charge in [0.05, 0.1) is 12.6 Å². The van der Waals surface area contributed by atoms with Crippen LogP contribution in [0.15, 0.2) is 78.9 Å². The third kappa shape index (κ3) is 4.62. The second-order valence-electron chi connectivity index (χ2n) is 7.50. The predicted octanol–water partition coefficient (Wildman–Crippen LogP) is 4.73. The van der Waals surface area contributed by atoms with E-state index in [9.17, 15) is 9.90 Å². The van der Waals surface area contributed by atoms with Crippen LogP contribution >= 0.6 is 0 Å². The molecular weight excluding hydrogens is 388 g/mol. The van der Waals surface area contributed by atoms with Gasteiger partial charge in [0.1, 0.15) is 11.4 Å². The third-order valence-electron chi connectivity index (χ3n) is 5.50. The molecule has 31 heavy (non-hydrogen) atoms. The topological polar surface area (TPSA) is 63.5 Å². The molecule has 1 heterocycles. The summed E-state index contributed by atoms with van der Waals surface area (Å²) in [6.07, 6.45) is 0.889. The van der Waals surface area contributed by atoms with Crippen LogP contribution in [0.1, 0.15) is 27.2 Å². The first-order chi connectivity index (χ1) is 15.2. The largest absolute Gasteiger partial charge is 0.497 e. The predicted molar refractivity (Wildman–Crippen MR) is 123 cm³/mol. The SMILES string of the molecule is COc1ccc2c(CNCCc3ccccc3)c(C(=O)O)n(Cc3ccccc3)c2c1. The van der Waals surface area contributed by atoms with Gasteiger partial charge in [-0.1, -0.05) is 60.7 Å². The molecule has 0 amide bonds. The lowest BCUT2D eigenvalue weighted by molar-refractivity contribution is 0.0684. The van der Waals surface area contributed by atoms with Gasteiger partial charge in [-0.3, -0.25) is 0 Å². The van der Waals surface area contributed by atoms with E-state index in [2.05, 4.69) is 17.4 Å². The molecule has 0 atom stereocenters. The Morgan fingerprint density at radius 1 is 0.968 bits per heavy atom. The number of rotatable bonds is 9. The third-order valence-corrected chi connectivity index (χ3v) is 5.50. The molecule has 5 heteroatoms. The molecule has 0 fully saturated rings.